The summed E-state index contributed by atoms with van der Waals surface area (Å²) < 4.78 is 12.0. The quantitative estimate of drug-likeness (QED) is 0.574. The van der Waals surface area contributed by atoms with Crippen LogP contribution in [-0.4, -0.2) is 19.0 Å². The molecule has 1 aliphatic rings. The highest BCUT2D eigenvalue weighted by atomic mass is 16.7. The van der Waals surface area contributed by atoms with Gasteiger partial charge < -0.3 is 9.47 Å². The van der Waals surface area contributed by atoms with Crippen LogP contribution in [0.5, 0.6) is 0 Å². The minimum atomic E-state index is -0.278. The van der Waals surface area contributed by atoms with Crippen molar-refractivity contribution in [3.63, 3.8) is 0 Å². The maximum absolute atomic E-state index is 6.27. The zero-order valence-corrected chi connectivity index (χ0v) is 12.8. The molecule has 2 heteroatoms. The van der Waals surface area contributed by atoms with Gasteiger partial charge in [0.15, 0.2) is 5.79 Å². The van der Waals surface area contributed by atoms with E-state index >= 15 is 0 Å². The van der Waals surface area contributed by atoms with Crippen LogP contribution in [0.4, 0.5) is 0 Å². The molecule has 0 aromatic carbocycles. The van der Waals surface area contributed by atoms with Gasteiger partial charge in [-0.1, -0.05) is 46.5 Å². The van der Waals surface area contributed by atoms with Crippen LogP contribution >= 0.6 is 0 Å². The highest BCUT2D eigenvalue weighted by molar-refractivity contribution is 4.80. The molecule has 2 nitrogen and oxygen atoms in total. The molecule has 0 aliphatic carbocycles. The Bertz CT molecular complexity index is 215. The van der Waals surface area contributed by atoms with Gasteiger partial charge in [-0.3, -0.25) is 0 Å². The molecule has 0 N–H and O–H groups in total. The van der Waals surface area contributed by atoms with Gasteiger partial charge in [0.05, 0.1) is 6.10 Å². The maximum Gasteiger partial charge on any atom is 0.168 e. The number of methoxy groups -OCH3 is 1. The molecule has 0 saturated carbocycles. The molecule has 0 bridgehead atoms. The van der Waals surface area contributed by atoms with Gasteiger partial charge in [-0.2, -0.15) is 0 Å². The molecule has 1 heterocycles. The zero-order valence-electron chi connectivity index (χ0n) is 12.8. The monoisotopic (exact) mass is 256 g/mol. The molecule has 0 amide bonds. The average Bonchev–Trinajstić information content (AvgIpc) is 2.39. The van der Waals surface area contributed by atoms with Gasteiger partial charge in [0.1, 0.15) is 0 Å². The van der Waals surface area contributed by atoms with Gasteiger partial charge in [0, 0.05) is 20.0 Å². The Hall–Kier alpha value is -0.0800. The van der Waals surface area contributed by atoms with Gasteiger partial charge in [0.2, 0.25) is 0 Å². The van der Waals surface area contributed by atoms with Crippen molar-refractivity contribution in [1.82, 2.24) is 0 Å². The lowest BCUT2D eigenvalue weighted by Crippen LogP contribution is -2.44. The predicted octanol–water partition coefficient (Wildman–Crippen LogP) is 4.91. The molecule has 1 rings (SSSR count). The summed E-state index contributed by atoms with van der Waals surface area (Å²) in [5.41, 5.74) is 0. The van der Waals surface area contributed by atoms with Crippen LogP contribution in [0.25, 0.3) is 0 Å². The molecule has 1 aliphatic heterocycles. The summed E-state index contributed by atoms with van der Waals surface area (Å²) in [7, 11) is 1.81. The molecule has 0 radical (unpaired) electrons. The van der Waals surface area contributed by atoms with Crippen molar-refractivity contribution in [2.75, 3.05) is 7.11 Å². The van der Waals surface area contributed by atoms with Gasteiger partial charge in [-0.25, -0.2) is 0 Å². The fraction of sp³-hybridized carbons (Fsp3) is 1.00. The highest BCUT2D eigenvalue weighted by Gasteiger charge is 2.37. The van der Waals surface area contributed by atoms with E-state index in [1.807, 2.05) is 7.11 Å². The van der Waals surface area contributed by atoms with Crippen LogP contribution in [-0.2, 0) is 9.47 Å². The molecule has 0 unspecified atom stereocenters. The lowest BCUT2D eigenvalue weighted by atomic mass is 9.92. The predicted molar refractivity (Wildman–Crippen MR) is 76.7 cm³/mol. The first-order valence-corrected chi connectivity index (χ1v) is 7.86. The van der Waals surface area contributed by atoms with Crippen LogP contribution in [0.1, 0.15) is 78.6 Å². The van der Waals surface area contributed by atoms with Crippen molar-refractivity contribution in [3.8, 4) is 0 Å². The number of hydrogen-bond acceptors (Lipinski definition) is 2. The van der Waals surface area contributed by atoms with E-state index in [2.05, 4.69) is 20.8 Å². The summed E-state index contributed by atoms with van der Waals surface area (Å²) in [5.74, 6) is 0.319. The van der Waals surface area contributed by atoms with Gasteiger partial charge >= 0.3 is 0 Å². The van der Waals surface area contributed by atoms with Crippen molar-refractivity contribution < 1.29 is 9.47 Å². The first-order chi connectivity index (χ1) is 8.63. The van der Waals surface area contributed by atoms with Crippen LogP contribution in [0, 0.1) is 5.92 Å². The van der Waals surface area contributed by atoms with Crippen LogP contribution < -0.4 is 0 Å². The van der Waals surface area contributed by atoms with E-state index in [-0.39, 0.29) is 5.79 Å². The Morgan fingerprint density at radius 3 is 2.56 bits per heavy atom. The van der Waals surface area contributed by atoms with Gasteiger partial charge in [0.25, 0.3) is 0 Å². The van der Waals surface area contributed by atoms with Gasteiger partial charge in [-0.05, 0) is 25.2 Å². The van der Waals surface area contributed by atoms with Crippen molar-refractivity contribution in [2.24, 2.45) is 5.92 Å². The minimum Gasteiger partial charge on any atom is -0.353 e. The molecule has 0 aromatic rings. The van der Waals surface area contributed by atoms with E-state index < -0.39 is 0 Å². The van der Waals surface area contributed by atoms with Crippen molar-refractivity contribution in [3.05, 3.63) is 0 Å². The van der Waals surface area contributed by atoms with Crippen molar-refractivity contribution in [2.45, 2.75) is 90.4 Å². The zero-order chi connectivity index (χ0) is 13.4. The normalized spacial score (nSPS) is 28.8. The second-order valence-corrected chi connectivity index (χ2v) is 6.07. The Kier molecular flexibility index (Phi) is 7.25. The fourth-order valence-electron chi connectivity index (χ4n) is 2.87. The van der Waals surface area contributed by atoms with Crippen LogP contribution in [0.2, 0.25) is 0 Å². The second kappa shape index (κ2) is 8.16. The molecule has 1 fully saturated rings. The molecule has 2 atom stereocenters. The molecule has 18 heavy (non-hydrogen) atoms. The van der Waals surface area contributed by atoms with E-state index in [1.54, 1.807) is 0 Å². The van der Waals surface area contributed by atoms with Crippen molar-refractivity contribution in [1.29, 1.82) is 0 Å². The van der Waals surface area contributed by atoms with Crippen LogP contribution in [0.15, 0.2) is 0 Å². The summed E-state index contributed by atoms with van der Waals surface area (Å²) in [5, 5.41) is 0. The summed E-state index contributed by atoms with van der Waals surface area (Å²) in [4.78, 5) is 0. The third-order valence-corrected chi connectivity index (χ3v) is 4.19. The first-order valence-electron chi connectivity index (χ1n) is 7.86. The summed E-state index contributed by atoms with van der Waals surface area (Å²) in [6.07, 6.45) is 11.5. The lowest BCUT2D eigenvalue weighted by Gasteiger charge is -2.41. The molecule has 0 aromatic heterocycles. The molecule has 108 valence electrons. The van der Waals surface area contributed by atoms with Crippen LogP contribution in [0.3, 0.4) is 0 Å². The number of unbranched alkanes of at least 4 members (excludes halogenated alkanes) is 4. The smallest absolute Gasteiger partial charge is 0.168 e. The maximum atomic E-state index is 6.27. The Labute approximate surface area is 113 Å². The second-order valence-electron chi connectivity index (χ2n) is 6.07. The lowest BCUT2D eigenvalue weighted by molar-refractivity contribution is -0.279. The summed E-state index contributed by atoms with van der Waals surface area (Å²) in [6.45, 7) is 6.75. The number of hydrogen-bond donors (Lipinski definition) is 0. The van der Waals surface area contributed by atoms with E-state index in [0.717, 1.165) is 12.8 Å². The SMILES string of the molecule is CCCCCCC[C@@]1(OC)CCC[C@@H](C(C)C)O1. The van der Waals surface area contributed by atoms with E-state index in [1.165, 1.54) is 44.9 Å². The Balaban J connectivity index is 2.36. The molecular weight excluding hydrogens is 224 g/mol. The van der Waals surface area contributed by atoms with Gasteiger partial charge in [-0.15, -0.1) is 0 Å². The largest absolute Gasteiger partial charge is 0.353 e. The fourth-order valence-corrected chi connectivity index (χ4v) is 2.87. The van der Waals surface area contributed by atoms with E-state index in [0.29, 0.717) is 12.0 Å². The minimum absolute atomic E-state index is 0.278. The van der Waals surface area contributed by atoms with Crippen molar-refractivity contribution >= 4 is 0 Å². The third-order valence-electron chi connectivity index (χ3n) is 4.19. The Morgan fingerprint density at radius 1 is 1.22 bits per heavy atom. The standard InChI is InChI=1S/C16H32O2/c1-5-6-7-8-9-12-16(17-4)13-10-11-15(18-16)14(2)3/h14-15H,5-13H2,1-4H3/t15-,16-/m0/s1. The molecule has 0 spiro atoms. The highest BCUT2D eigenvalue weighted by Crippen LogP contribution is 2.36. The average molecular weight is 256 g/mol. The Morgan fingerprint density at radius 2 is 1.94 bits per heavy atom. The topological polar surface area (TPSA) is 18.5 Å². The summed E-state index contributed by atoms with van der Waals surface area (Å²) >= 11 is 0. The number of ether oxygens (including phenoxy) is 2. The van der Waals surface area contributed by atoms with E-state index in [4.69, 9.17) is 9.47 Å². The molecule has 1 saturated heterocycles. The first kappa shape index (κ1) is 16.0. The summed E-state index contributed by atoms with van der Waals surface area (Å²) in [6, 6.07) is 0. The molecular formula is C16H32O2. The number of rotatable bonds is 8. The van der Waals surface area contributed by atoms with E-state index in [9.17, 15) is 0 Å². The third kappa shape index (κ3) is 4.89.